The molecule has 0 saturated carbocycles. The Morgan fingerprint density at radius 2 is 1.36 bits per heavy atom. The Morgan fingerprint density at radius 1 is 0.800 bits per heavy atom. The molecule has 0 aliphatic carbocycles. The second kappa shape index (κ2) is 21.0. The third-order valence-electron chi connectivity index (χ3n) is 7.05. The van der Waals surface area contributed by atoms with E-state index in [9.17, 15) is 14.7 Å². The van der Waals surface area contributed by atoms with Crippen molar-refractivity contribution in [3.63, 3.8) is 0 Å². The number of carbonyl (C=O) groups excluding carboxylic acids is 1. The van der Waals surface area contributed by atoms with E-state index >= 15 is 0 Å². The summed E-state index contributed by atoms with van der Waals surface area (Å²) >= 11 is 7.00. The molecule has 2 atom stereocenters. The van der Waals surface area contributed by atoms with Crippen molar-refractivity contribution < 1.29 is 38.4 Å². The molecule has 0 radical (unpaired) electrons. The smallest absolute Gasteiger partial charge is 0.340 e. The number of carbonyl (C=O) groups is 2. The zero-order valence-corrected chi connectivity index (χ0v) is 31.6. The van der Waals surface area contributed by atoms with Crippen LogP contribution in [0.5, 0.6) is 11.5 Å². The molecular formula is C40H40Br2O8. The number of benzene rings is 3. The van der Waals surface area contributed by atoms with Gasteiger partial charge in [-0.25, -0.2) is 9.59 Å². The van der Waals surface area contributed by atoms with Gasteiger partial charge >= 0.3 is 11.9 Å². The van der Waals surface area contributed by atoms with Crippen molar-refractivity contribution in [2.45, 2.75) is 45.8 Å². The van der Waals surface area contributed by atoms with E-state index in [1.807, 2.05) is 55.5 Å². The highest BCUT2D eigenvalue weighted by molar-refractivity contribution is 9.10. The molecule has 3 aromatic carbocycles. The largest absolute Gasteiger partial charge is 0.488 e. The molecular weight excluding hydrogens is 768 g/mol. The third-order valence-corrected chi connectivity index (χ3v) is 8.29. The van der Waals surface area contributed by atoms with Crippen molar-refractivity contribution in [3.05, 3.63) is 116 Å². The first-order valence-corrected chi connectivity index (χ1v) is 17.6. The summed E-state index contributed by atoms with van der Waals surface area (Å²) in [4.78, 5) is 23.9. The maximum Gasteiger partial charge on any atom is 0.340 e. The van der Waals surface area contributed by atoms with Crippen LogP contribution in [0, 0.1) is 23.7 Å². The number of carboxylic acids is 1. The Labute approximate surface area is 311 Å². The molecule has 0 amide bonds. The predicted octanol–water partition coefficient (Wildman–Crippen LogP) is 8.03. The lowest BCUT2D eigenvalue weighted by molar-refractivity contribution is -0.164. The second-order valence-corrected chi connectivity index (χ2v) is 12.3. The quantitative estimate of drug-likeness (QED) is 0.115. The summed E-state index contributed by atoms with van der Waals surface area (Å²) in [6, 6.07) is 18.4. The molecule has 1 N–H and O–H groups in total. The van der Waals surface area contributed by atoms with E-state index in [0.29, 0.717) is 54.4 Å². The molecule has 50 heavy (non-hydrogen) atoms. The fourth-order valence-electron chi connectivity index (χ4n) is 4.50. The summed E-state index contributed by atoms with van der Waals surface area (Å²) in [6.07, 6.45) is 6.86. The zero-order chi connectivity index (χ0) is 36.4. The van der Waals surface area contributed by atoms with Gasteiger partial charge in [0, 0.05) is 30.8 Å². The first-order chi connectivity index (χ1) is 24.1. The molecule has 0 aliphatic rings. The van der Waals surface area contributed by atoms with Crippen LogP contribution in [0.3, 0.4) is 0 Å². The van der Waals surface area contributed by atoms with E-state index in [1.54, 1.807) is 50.3 Å². The molecule has 0 heterocycles. The molecule has 0 aromatic heterocycles. The number of rotatable bonds is 16. The van der Waals surface area contributed by atoms with E-state index in [0.717, 1.165) is 21.2 Å². The molecule has 262 valence electrons. The minimum absolute atomic E-state index is 0.272. The normalized spacial score (nSPS) is 12.7. The van der Waals surface area contributed by atoms with Crippen molar-refractivity contribution in [1.29, 1.82) is 0 Å². The summed E-state index contributed by atoms with van der Waals surface area (Å²) in [7, 11) is 0. The van der Waals surface area contributed by atoms with Crippen LogP contribution in [0.2, 0.25) is 0 Å². The number of ether oxygens (including phenoxy) is 5. The Morgan fingerprint density at radius 3 is 1.84 bits per heavy atom. The highest BCUT2D eigenvalue weighted by Gasteiger charge is 2.36. The summed E-state index contributed by atoms with van der Waals surface area (Å²) in [5, 5.41) is 9.63. The summed E-state index contributed by atoms with van der Waals surface area (Å²) < 4.78 is 29.2. The molecule has 0 bridgehead atoms. The van der Waals surface area contributed by atoms with E-state index in [1.165, 1.54) is 6.92 Å². The molecule has 3 aromatic rings. The topological polar surface area (TPSA) is 101 Å². The average Bonchev–Trinajstić information content (AvgIpc) is 3.09. The number of esters is 1. The lowest BCUT2D eigenvalue weighted by Crippen LogP contribution is -2.35. The van der Waals surface area contributed by atoms with Crippen molar-refractivity contribution in [3.8, 4) is 35.2 Å². The number of hydrogen-bond acceptors (Lipinski definition) is 7. The molecule has 2 unspecified atom stereocenters. The molecule has 0 fully saturated rings. The molecule has 8 nitrogen and oxygen atoms in total. The monoisotopic (exact) mass is 806 g/mol. The number of halogens is 2. The maximum absolute atomic E-state index is 12.2. The van der Waals surface area contributed by atoms with Crippen molar-refractivity contribution in [1.82, 2.24) is 0 Å². The molecule has 0 aliphatic heterocycles. The van der Waals surface area contributed by atoms with E-state index in [4.69, 9.17) is 23.7 Å². The SMILES string of the molecule is CCOC(=O)C(Cc1ccc(OCC=CC#Cc2ccc(C#CC=CCOc3ccc(C(C)(OCC)C(=O)O)cc3Br)cc2)c(Br)c1)OCC. The highest BCUT2D eigenvalue weighted by Crippen LogP contribution is 2.33. The van der Waals surface area contributed by atoms with Crippen LogP contribution in [0.15, 0.2) is 93.9 Å². The fourth-order valence-corrected chi connectivity index (χ4v) is 5.53. The van der Waals surface area contributed by atoms with Gasteiger partial charge in [0.25, 0.3) is 0 Å². The van der Waals surface area contributed by atoms with Crippen molar-refractivity contribution in [2.24, 2.45) is 0 Å². The highest BCUT2D eigenvalue weighted by atomic mass is 79.9. The van der Waals surface area contributed by atoms with E-state index in [2.05, 4.69) is 55.5 Å². The van der Waals surface area contributed by atoms with Gasteiger partial charge < -0.3 is 28.8 Å². The Balaban J connectivity index is 1.44. The first-order valence-electron chi connectivity index (χ1n) is 16.0. The second-order valence-electron chi connectivity index (χ2n) is 10.6. The van der Waals surface area contributed by atoms with Crippen LogP contribution in [0.25, 0.3) is 0 Å². The fraction of sp³-hybridized carbons (Fsp3) is 0.300. The van der Waals surface area contributed by atoms with Gasteiger partial charge in [-0.2, -0.15) is 0 Å². The van der Waals surface area contributed by atoms with E-state index < -0.39 is 17.7 Å². The Bertz CT molecular complexity index is 1780. The minimum atomic E-state index is -1.44. The lowest BCUT2D eigenvalue weighted by atomic mass is 9.96. The maximum atomic E-state index is 12.2. The van der Waals surface area contributed by atoms with Crippen LogP contribution in [-0.4, -0.2) is 56.2 Å². The average molecular weight is 809 g/mol. The Hall–Kier alpha value is -4.32. The summed E-state index contributed by atoms with van der Waals surface area (Å²) in [6.45, 7) is 8.54. The Kier molecular flexibility index (Phi) is 16.9. The van der Waals surface area contributed by atoms with Gasteiger partial charge in [-0.05, 0) is 144 Å². The van der Waals surface area contributed by atoms with E-state index in [-0.39, 0.29) is 12.6 Å². The van der Waals surface area contributed by atoms with Gasteiger partial charge in [0.05, 0.1) is 15.6 Å². The van der Waals surface area contributed by atoms with Gasteiger partial charge in [0.15, 0.2) is 11.7 Å². The number of aliphatic carboxylic acids is 1. The third kappa shape index (κ3) is 12.5. The van der Waals surface area contributed by atoms with Crippen molar-refractivity contribution >= 4 is 43.8 Å². The lowest BCUT2D eigenvalue weighted by Gasteiger charge is -2.25. The zero-order valence-electron chi connectivity index (χ0n) is 28.5. The molecule has 0 saturated heterocycles. The van der Waals surface area contributed by atoms with Gasteiger partial charge in [-0.3, -0.25) is 0 Å². The van der Waals surface area contributed by atoms with Crippen LogP contribution >= 0.6 is 31.9 Å². The standard InChI is InChI=1S/C40H40Br2O8/c1-5-46-37(38(43)47-6-2)27-31-20-22-35(33(41)26-31)48-24-12-8-10-14-29-16-18-30(19-17-29)15-11-9-13-25-49-36-23-21-32(28-34(36)42)40(4,39(44)45)50-7-3/h8-9,12-13,16-23,26,28,37H,5-7,24-25,27H2,1-4H3,(H,44,45). The molecule has 3 rings (SSSR count). The first kappa shape index (κ1) is 40.1. The number of allylic oxidation sites excluding steroid dienone is 2. The summed E-state index contributed by atoms with van der Waals surface area (Å²) in [5.41, 5.74) is 1.71. The molecule has 0 spiro atoms. The number of hydrogen-bond donors (Lipinski definition) is 1. The summed E-state index contributed by atoms with van der Waals surface area (Å²) in [5.74, 6) is 12.0. The van der Waals surface area contributed by atoms with Crippen LogP contribution in [-0.2, 0) is 35.8 Å². The minimum Gasteiger partial charge on any atom is -0.488 e. The van der Waals surface area contributed by atoms with Crippen LogP contribution in [0.1, 0.15) is 49.9 Å². The van der Waals surface area contributed by atoms with Gasteiger partial charge in [-0.15, -0.1) is 0 Å². The van der Waals surface area contributed by atoms with Crippen LogP contribution in [0.4, 0.5) is 0 Å². The van der Waals surface area contributed by atoms with Gasteiger partial charge in [0.1, 0.15) is 24.7 Å². The number of carboxylic acid groups (broad SMARTS) is 1. The van der Waals surface area contributed by atoms with Gasteiger partial charge in [-0.1, -0.05) is 35.8 Å². The van der Waals surface area contributed by atoms with Crippen molar-refractivity contribution in [2.75, 3.05) is 33.0 Å². The van der Waals surface area contributed by atoms with Crippen LogP contribution < -0.4 is 9.47 Å². The predicted molar refractivity (Wildman–Crippen MR) is 200 cm³/mol. The molecule has 10 heteroatoms. The van der Waals surface area contributed by atoms with Gasteiger partial charge in [0.2, 0.25) is 0 Å².